The Morgan fingerprint density at radius 2 is 2.17 bits per heavy atom. The highest BCUT2D eigenvalue weighted by Gasteiger charge is 2.28. The summed E-state index contributed by atoms with van der Waals surface area (Å²) in [7, 11) is 3.75. The molecule has 128 valence electrons. The van der Waals surface area contributed by atoms with E-state index in [0.717, 1.165) is 28.5 Å². The predicted octanol–water partition coefficient (Wildman–Crippen LogP) is 2.03. The van der Waals surface area contributed by atoms with E-state index in [1.54, 1.807) is 4.90 Å². The molecule has 0 unspecified atom stereocenters. The van der Waals surface area contributed by atoms with Gasteiger partial charge in [-0.05, 0) is 39.2 Å². The third-order valence-corrected chi connectivity index (χ3v) is 5.02. The Labute approximate surface area is 145 Å². The summed E-state index contributed by atoms with van der Waals surface area (Å²) in [6.45, 7) is 3.29. The van der Waals surface area contributed by atoms with Gasteiger partial charge in [-0.3, -0.25) is 9.59 Å². The zero-order valence-corrected chi connectivity index (χ0v) is 14.9. The maximum Gasteiger partial charge on any atom is 0.261 e. The van der Waals surface area contributed by atoms with Gasteiger partial charge in [0.05, 0.1) is 23.7 Å². The summed E-state index contributed by atoms with van der Waals surface area (Å²) in [5, 5.41) is 2.86. The molecule has 24 heavy (non-hydrogen) atoms. The molecule has 2 amide bonds. The Morgan fingerprint density at radius 1 is 1.38 bits per heavy atom. The molecule has 0 radical (unpaired) electrons. The van der Waals surface area contributed by atoms with Gasteiger partial charge in [-0.1, -0.05) is 0 Å². The number of carbonyl (C=O) groups excluding carboxylic acids is 2. The van der Waals surface area contributed by atoms with Crippen LogP contribution in [0.2, 0.25) is 0 Å². The van der Waals surface area contributed by atoms with Crippen LogP contribution in [-0.2, 0) is 17.8 Å². The van der Waals surface area contributed by atoms with E-state index in [1.807, 2.05) is 44.1 Å². The van der Waals surface area contributed by atoms with Crippen LogP contribution in [0.4, 0.5) is 5.69 Å². The molecule has 0 saturated carbocycles. The molecule has 0 fully saturated rings. The summed E-state index contributed by atoms with van der Waals surface area (Å²) >= 11 is 1.46. The number of fused-ring (bicyclic) bond motifs is 1. The lowest BCUT2D eigenvalue weighted by molar-refractivity contribution is -0.119. The molecule has 1 aliphatic heterocycles. The van der Waals surface area contributed by atoms with Gasteiger partial charge in [0.25, 0.3) is 5.91 Å². The van der Waals surface area contributed by atoms with Crippen LogP contribution in [-0.4, -0.2) is 43.9 Å². The Bertz CT molecular complexity index is 763. The van der Waals surface area contributed by atoms with Gasteiger partial charge in [0.2, 0.25) is 5.91 Å². The average Bonchev–Trinajstić information content (AvgIpc) is 3.18. The highest BCUT2D eigenvalue weighted by Crippen LogP contribution is 2.36. The molecule has 1 N–H and O–H groups in total. The van der Waals surface area contributed by atoms with Crippen molar-refractivity contribution < 1.29 is 14.0 Å². The molecule has 1 aliphatic rings. The van der Waals surface area contributed by atoms with E-state index in [2.05, 4.69) is 5.32 Å². The number of nitrogens with zero attached hydrogens (tertiary/aromatic N) is 2. The number of likely N-dealkylation sites (N-methyl/N-ethyl adjacent to an activating group) is 1. The van der Waals surface area contributed by atoms with Crippen molar-refractivity contribution in [3.05, 3.63) is 39.5 Å². The minimum absolute atomic E-state index is 0.0644. The summed E-state index contributed by atoms with van der Waals surface area (Å²) in [4.78, 5) is 30.0. The summed E-state index contributed by atoms with van der Waals surface area (Å²) in [6, 6.07) is 5.55. The monoisotopic (exact) mass is 347 g/mol. The summed E-state index contributed by atoms with van der Waals surface area (Å²) in [5.74, 6) is 1.48. The molecule has 2 aromatic rings. The molecule has 0 atom stereocenters. The second-order valence-corrected chi connectivity index (χ2v) is 7.28. The number of rotatable bonds is 5. The fourth-order valence-corrected chi connectivity index (χ4v) is 3.79. The molecule has 2 aromatic heterocycles. The fourth-order valence-electron chi connectivity index (χ4n) is 2.72. The number of furan rings is 1. The standard InChI is InChI=1S/C17H21N3O3S/c1-11-4-5-12(23-11)9-18-17(22)15-8-13-14(24-15)6-7-20(13)16(21)10-19(2)3/h4-5,8H,6-7,9-10H2,1-3H3,(H,18,22). The van der Waals surface area contributed by atoms with Gasteiger partial charge in [-0.25, -0.2) is 0 Å². The Morgan fingerprint density at radius 3 is 2.83 bits per heavy atom. The molecule has 0 aromatic carbocycles. The van der Waals surface area contributed by atoms with Crippen molar-refractivity contribution in [3.63, 3.8) is 0 Å². The van der Waals surface area contributed by atoms with E-state index in [0.29, 0.717) is 24.5 Å². The zero-order chi connectivity index (χ0) is 17.3. The minimum atomic E-state index is -0.136. The molecule has 3 rings (SSSR count). The van der Waals surface area contributed by atoms with E-state index in [-0.39, 0.29) is 11.8 Å². The third-order valence-electron chi connectivity index (χ3n) is 3.84. The van der Waals surface area contributed by atoms with Gasteiger partial charge in [0.1, 0.15) is 11.5 Å². The number of carbonyl (C=O) groups is 2. The van der Waals surface area contributed by atoms with Crippen molar-refractivity contribution in [2.75, 3.05) is 32.1 Å². The molecule has 0 spiro atoms. The summed E-state index contributed by atoms with van der Waals surface area (Å²) < 4.78 is 5.45. The lowest BCUT2D eigenvalue weighted by atomic mass is 10.3. The first-order valence-corrected chi connectivity index (χ1v) is 8.67. The highest BCUT2D eigenvalue weighted by molar-refractivity contribution is 7.14. The number of anilines is 1. The quantitative estimate of drug-likeness (QED) is 0.899. The highest BCUT2D eigenvalue weighted by atomic mass is 32.1. The predicted molar refractivity (Wildman–Crippen MR) is 93.5 cm³/mol. The fraction of sp³-hybridized carbons (Fsp3) is 0.412. The van der Waals surface area contributed by atoms with Crippen molar-refractivity contribution in [2.24, 2.45) is 0 Å². The van der Waals surface area contributed by atoms with Crippen LogP contribution >= 0.6 is 11.3 Å². The first-order chi connectivity index (χ1) is 11.4. The van der Waals surface area contributed by atoms with Crippen LogP contribution < -0.4 is 10.2 Å². The van der Waals surface area contributed by atoms with Gasteiger partial charge in [-0.2, -0.15) is 0 Å². The molecule has 0 saturated heterocycles. The van der Waals surface area contributed by atoms with Gasteiger partial charge in [0, 0.05) is 17.8 Å². The van der Waals surface area contributed by atoms with Crippen molar-refractivity contribution in [2.45, 2.75) is 19.9 Å². The largest absolute Gasteiger partial charge is 0.465 e. The van der Waals surface area contributed by atoms with Crippen LogP contribution in [0, 0.1) is 6.92 Å². The molecule has 6 nitrogen and oxygen atoms in total. The molecular formula is C17H21N3O3S. The SMILES string of the molecule is Cc1ccc(CNC(=O)c2cc3c(s2)CCN3C(=O)CN(C)C)o1. The van der Waals surface area contributed by atoms with Gasteiger partial charge >= 0.3 is 0 Å². The molecule has 0 bridgehead atoms. The van der Waals surface area contributed by atoms with Crippen molar-refractivity contribution in [1.82, 2.24) is 10.2 Å². The lowest BCUT2D eigenvalue weighted by Gasteiger charge is -2.18. The van der Waals surface area contributed by atoms with E-state index < -0.39 is 0 Å². The Kier molecular flexibility index (Phi) is 4.73. The van der Waals surface area contributed by atoms with Crippen molar-refractivity contribution in [3.8, 4) is 0 Å². The molecule has 0 aliphatic carbocycles. The Balaban J connectivity index is 1.66. The maximum absolute atomic E-state index is 12.3. The van der Waals surface area contributed by atoms with Gasteiger partial charge in [0.15, 0.2) is 0 Å². The molecule has 7 heteroatoms. The summed E-state index contributed by atoms with van der Waals surface area (Å²) in [5.41, 5.74) is 0.880. The van der Waals surface area contributed by atoms with Gasteiger partial charge < -0.3 is 19.5 Å². The van der Waals surface area contributed by atoms with Crippen LogP contribution in [0.15, 0.2) is 22.6 Å². The first-order valence-electron chi connectivity index (χ1n) is 7.85. The number of hydrogen-bond donors (Lipinski definition) is 1. The van der Waals surface area contributed by atoms with E-state index >= 15 is 0 Å². The average molecular weight is 347 g/mol. The van der Waals surface area contributed by atoms with E-state index in [4.69, 9.17) is 4.42 Å². The number of aryl methyl sites for hydroxylation is 1. The number of hydrogen-bond acceptors (Lipinski definition) is 5. The first kappa shape index (κ1) is 16.7. The molecular weight excluding hydrogens is 326 g/mol. The lowest BCUT2D eigenvalue weighted by Crippen LogP contribution is -2.36. The topological polar surface area (TPSA) is 65.8 Å². The van der Waals surface area contributed by atoms with Crippen LogP contribution in [0.1, 0.15) is 26.1 Å². The number of amides is 2. The molecule has 3 heterocycles. The van der Waals surface area contributed by atoms with Crippen LogP contribution in [0.3, 0.4) is 0 Å². The number of thiophene rings is 1. The van der Waals surface area contributed by atoms with Crippen molar-refractivity contribution >= 4 is 28.8 Å². The van der Waals surface area contributed by atoms with Crippen LogP contribution in [0.25, 0.3) is 0 Å². The van der Waals surface area contributed by atoms with Crippen molar-refractivity contribution in [1.29, 1.82) is 0 Å². The second kappa shape index (κ2) is 6.78. The van der Waals surface area contributed by atoms with Gasteiger partial charge in [-0.15, -0.1) is 11.3 Å². The zero-order valence-electron chi connectivity index (χ0n) is 14.1. The van der Waals surface area contributed by atoms with E-state index in [9.17, 15) is 9.59 Å². The summed E-state index contributed by atoms with van der Waals surface area (Å²) in [6.07, 6.45) is 0.809. The smallest absolute Gasteiger partial charge is 0.261 e. The maximum atomic E-state index is 12.3. The second-order valence-electron chi connectivity index (χ2n) is 6.15. The third kappa shape index (κ3) is 3.52. The normalized spacial score (nSPS) is 13.4. The number of nitrogens with one attached hydrogen (secondary N) is 1. The van der Waals surface area contributed by atoms with Crippen LogP contribution in [0.5, 0.6) is 0 Å². The van der Waals surface area contributed by atoms with E-state index in [1.165, 1.54) is 11.3 Å². The Hall–Kier alpha value is -2.12. The minimum Gasteiger partial charge on any atom is -0.465 e.